The lowest BCUT2D eigenvalue weighted by Crippen LogP contribution is -2.34. The molecule has 0 aromatic rings. The van der Waals surface area contributed by atoms with Gasteiger partial charge in [-0.1, -0.05) is 12.8 Å². The summed E-state index contributed by atoms with van der Waals surface area (Å²) in [5.74, 6) is -0.192. The van der Waals surface area contributed by atoms with Gasteiger partial charge in [0.05, 0.1) is 38.2 Å². The van der Waals surface area contributed by atoms with Gasteiger partial charge < -0.3 is 9.84 Å². The van der Waals surface area contributed by atoms with Crippen molar-refractivity contribution < 1.29 is 19.4 Å². The maximum absolute atomic E-state index is 12.0. The topological polar surface area (TPSA) is 66.8 Å². The Hall–Kier alpha value is -0.940. The van der Waals surface area contributed by atoms with E-state index in [9.17, 15) is 9.59 Å². The summed E-state index contributed by atoms with van der Waals surface area (Å²) in [5.41, 5.74) is 0. The largest absolute Gasteiger partial charge is 0.394 e. The first-order valence-corrected chi connectivity index (χ1v) is 6.29. The number of fused-ring (bicyclic) bond motifs is 1. The van der Waals surface area contributed by atoms with Gasteiger partial charge in [-0.3, -0.25) is 14.5 Å². The highest BCUT2D eigenvalue weighted by Crippen LogP contribution is 2.37. The lowest BCUT2D eigenvalue weighted by Gasteiger charge is -2.19. The third-order valence-electron chi connectivity index (χ3n) is 3.63. The number of ether oxygens (including phenoxy) is 1. The zero-order valence-corrected chi connectivity index (χ0v) is 9.93. The number of hydrogen-bond donors (Lipinski definition) is 1. The number of nitrogens with zero attached hydrogens (tertiary/aromatic N) is 1. The number of carbonyl (C=O) groups excluding carboxylic acids is 2. The van der Waals surface area contributed by atoms with Gasteiger partial charge in [0.25, 0.3) is 0 Å². The molecular weight excluding hydrogens is 222 g/mol. The van der Waals surface area contributed by atoms with Gasteiger partial charge in [0.1, 0.15) is 0 Å². The first kappa shape index (κ1) is 12.5. The summed E-state index contributed by atoms with van der Waals surface area (Å²) in [5, 5.41) is 8.56. The van der Waals surface area contributed by atoms with Crippen molar-refractivity contribution in [1.29, 1.82) is 0 Å². The Balaban J connectivity index is 1.89. The summed E-state index contributed by atoms with van der Waals surface area (Å²) < 4.78 is 5.10. The van der Waals surface area contributed by atoms with Crippen LogP contribution in [-0.2, 0) is 14.3 Å². The van der Waals surface area contributed by atoms with Gasteiger partial charge in [-0.25, -0.2) is 0 Å². The summed E-state index contributed by atoms with van der Waals surface area (Å²) in [4.78, 5) is 25.4. The van der Waals surface area contributed by atoms with Gasteiger partial charge in [-0.05, 0) is 12.8 Å². The van der Waals surface area contributed by atoms with Gasteiger partial charge in [0.2, 0.25) is 11.8 Å². The van der Waals surface area contributed by atoms with Crippen LogP contribution in [0.1, 0.15) is 25.7 Å². The van der Waals surface area contributed by atoms with Crippen molar-refractivity contribution in [2.45, 2.75) is 25.7 Å². The molecule has 0 aromatic heterocycles. The minimum Gasteiger partial charge on any atom is -0.394 e. The summed E-state index contributed by atoms with van der Waals surface area (Å²) in [6.45, 7) is 0.859. The molecule has 2 atom stereocenters. The van der Waals surface area contributed by atoms with E-state index in [0.717, 1.165) is 25.7 Å². The van der Waals surface area contributed by atoms with Gasteiger partial charge in [-0.15, -0.1) is 0 Å². The van der Waals surface area contributed by atoms with Crippen LogP contribution in [0.4, 0.5) is 0 Å². The van der Waals surface area contributed by atoms with Crippen LogP contribution in [0.25, 0.3) is 0 Å². The van der Waals surface area contributed by atoms with Crippen molar-refractivity contribution in [3.05, 3.63) is 0 Å². The molecule has 1 saturated heterocycles. The Morgan fingerprint density at radius 1 is 1.12 bits per heavy atom. The lowest BCUT2D eigenvalue weighted by atomic mass is 9.81. The molecule has 96 valence electrons. The van der Waals surface area contributed by atoms with Gasteiger partial charge in [0, 0.05) is 0 Å². The molecule has 0 aromatic carbocycles. The highest BCUT2D eigenvalue weighted by Gasteiger charge is 2.47. The maximum Gasteiger partial charge on any atom is 0.233 e. The Morgan fingerprint density at radius 2 is 1.71 bits per heavy atom. The molecule has 2 fully saturated rings. The molecule has 2 aliphatic rings. The molecule has 0 spiro atoms. The maximum atomic E-state index is 12.0. The SMILES string of the molecule is O=C1C2CCCCC2C(=O)N1CCOCCO. The average molecular weight is 241 g/mol. The second kappa shape index (κ2) is 5.60. The molecular formula is C12H19NO4. The van der Waals surface area contributed by atoms with Gasteiger partial charge >= 0.3 is 0 Å². The highest BCUT2D eigenvalue weighted by atomic mass is 16.5. The standard InChI is InChI=1S/C12H19NO4/c14-6-8-17-7-5-13-11(15)9-3-1-2-4-10(9)12(13)16/h9-10,14H,1-8H2. The van der Waals surface area contributed by atoms with Crippen molar-refractivity contribution in [2.24, 2.45) is 11.8 Å². The predicted molar refractivity (Wildman–Crippen MR) is 60.1 cm³/mol. The number of amides is 2. The van der Waals surface area contributed by atoms with Crippen LogP contribution in [0, 0.1) is 11.8 Å². The molecule has 17 heavy (non-hydrogen) atoms. The molecule has 2 rings (SSSR count). The minimum atomic E-state index is -0.0749. The van der Waals surface area contributed by atoms with Crippen molar-refractivity contribution >= 4 is 11.8 Å². The fraction of sp³-hybridized carbons (Fsp3) is 0.833. The first-order valence-electron chi connectivity index (χ1n) is 6.29. The number of hydrogen-bond acceptors (Lipinski definition) is 4. The summed E-state index contributed by atoms with van der Waals surface area (Å²) in [7, 11) is 0. The molecule has 1 saturated carbocycles. The van der Waals surface area contributed by atoms with Crippen LogP contribution >= 0.6 is 0 Å². The molecule has 0 bridgehead atoms. The van der Waals surface area contributed by atoms with Gasteiger partial charge in [0.15, 0.2) is 0 Å². The summed E-state index contributed by atoms with van der Waals surface area (Å²) in [6.07, 6.45) is 3.80. The number of imide groups is 1. The monoisotopic (exact) mass is 241 g/mol. The van der Waals surface area contributed by atoms with Crippen LogP contribution in [0.15, 0.2) is 0 Å². The van der Waals surface area contributed by atoms with Crippen LogP contribution in [0.2, 0.25) is 0 Å². The van der Waals surface area contributed by atoms with E-state index in [1.165, 1.54) is 4.90 Å². The van der Waals surface area contributed by atoms with Crippen LogP contribution in [-0.4, -0.2) is 48.2 Å². The van der Waals surface area contributed by atoms with E-state index in [1.54, 1.807) is 0 Å². The van der Waals surface area contributed by atoms with Crippen LogP contribution < -0.4 is 0 Å². The molecule has 1 heterocycles. The second-order valence-electron chi connectivity index (χ2n) is 4.66. The number of rotatable bonds is 5. The predicted octanol–water partition coefficient (Wildman–Crippen LogP) is 0.171. The third-order valence-corrected chi connectivity index (χ3v) is 3.63. The van der Waals surface area contributed by atoms with Crippen molar-refractivity contribution in [3.63, 3.8) is 0 Å². The lowest BCUT2D eigenvalue weighted by molar-refractivity contribution is -0.140. The Labute approximate surface area is 101 Å². The third kappa shape index (κ3) is 2.50. The van der Waals surface area contributed by atoms with E-state index in [1.807, 2.05) is 0 Å². The number of carbonyl (C=O) groups is 2. The smallest absolute Gasteiger partial charge is 0.233 e. The van der Waals surface area contributed by atoms with E-state index >= 15 is 0 Å². The fourth-order valence-corrected chi connectivity index (χ4v) is 2.77. The Kier molecular flexibility index (Phi) is 4.12. The molecule has 1 aliphatic carbocycles. The molecule has 5 nitrogen and oxygen atoms in total. The van der Waals surface area contributed by atoms with E-state index in [2.05, 4.69) is 0 Å². The van der Waals surface area contributed by atoms with E-state index in [0.29, 0.717) is 13.2 Å². The van der Waals surface area contributed by atoms with E-state index in [4.69, 9.17) is 9.84 Å². The molecule has 2 unspecified atom stereocenters. The molecule has 5 heteroatoms. The average Bonchev–Trinajstić information content (AvgIpc) is 2.60. The normalized spacial score (nSPS) is 28.6. The van der Waals surface area contributed by atoms with Crippen molar-refractivity contribution in [1.82, 2.24) is 4.90 Å². The zero-order valence-electron chi connectivity index (χ0n) is 9.93. The van der Waals surface area contributed by atoms with Crippen LogP contribution in [0.3, 0.4) is 0 Å². The molecule has 0 radical (unpaired) electrons. The number of aliphatic hydroxyl groups is 1. The first-order chi connectivity index (χ1) is 8.25. The number of likely N-dealkylation sites (tertiary alicyclic amines) is 1. The van der Waals surface area contributed by atoms with Crippen LogP contribution in [0.5, 0.6) is 0 Å². The second-order valence-corrected chi connectivity index (χ2v) is 4.66. The Bertz CT molecular complexity index is 281. The zero-order chi connectivity index (χ0) is 12.3. The Morgan fingerprint density at radius 3 is 2.24 bits per heavy atom. The van der Waals surface area contributed by atoms with Crippen molar-refractivity contribution in [3.8, 4) is 0 Å². The van der Waals surface area contributed by atoms with E-state index < -0.39 is 0 Å². The van der Waals surface area contributed by atoms with E-state index in [-0.39, 0.29) is 36.9 Å². The number of aliphatic hydroxyl groups excluding tert-OH is 1. The highest BCUT2D eigenvalue weighted by molar-refractivity contribution is 6.05. The molecule has 2 amide bonds. The fourth-order valence-electron chi connectivity index (χ4n) is 2.77. The summed E-state index contributed by atoms with van der Waals surface area (Å²) >= 11 is 0. The molecule has 1 N–H and O–H groups in total. The molecule has 1 aliphatic heterocycles. The quantitative estimate of drug-likeness (QED) is 0.550. The van der Waals surface area contributed by atoms with Crippen molar-refractivity contribution in [2.75, 3.05) is 26.4 Å². The summed E-state index contributed by atoms with van der Waals surface area (Å²) in [6, 6.07) is 0. The minimum absolute atomic E-state index is 0.0210. The van der Waals surface area contributed by atoms with Gasteiger partial charge in [-0.2, -0.15) is 0 Å².